The van der Waals surface area contributed by atoms with Gasteiger partial charge < -0.3 is 23.7 Å². The number of azide groups is 1. The minimum atomic E-state index is 0.459. The molecular weight excluding hydrogens is 398 g/mol. The van der Waals surface area contributed by atoms with E-state index in [1.165, 1.54) is 0 Å². The second kappa shape index (κ2) is 19.8. The number of thioether (sulfide) groups is 1. The number of rotatable bonds is 20. The molecule has 0 bridgehead atoms. The second-order valence-corrected chi connectivity index (χ2v) is 6.85. The van der Waals surface area contributed by atoms with Gasteiger partial charge in [0, 0.05) is 36.0 Å². The Bertz CT molecular complexity index is 546. The predicted molar refractivity (Wildman–Crippen MR) is 110 cm³/mol. The smallest absolute Gasteiger partial charge is 0.187 e. The first kappa shape index (κ1) is 25.6. The lowest BCUT2D eigenvalue weighted by molar-refractivity contribution is -0.0125. The van der Waals surface area contributed by atoms with E-state index in [1.54, 1.807) is 24.2 Å². The molecule has 0 aliphatic heterocycles. The Balaban J connectivity index is 1.77. The van der Waals surface area contributed by atoms with Crippen LogP contribution in [0.1, 0.15) is 18.9 Å². The van der Waals surface area contributed by atoms with Crippen molar-refractivity contribution in [1.29, 1.82) is 0 Å². The molecule has 1 heterocycles. The van der Waals surface area contributed by atoms with Crippen LogP contribution in [-0.2, 0) is 30.3 Å². The fraction of sp³-hybridized carbons (Fsp3) is 0.778. The Morgan fingerprint density at radius 2 is 1.38 bits per heavy atom. The Morgan fingerprint density at radius 3 is 1.90 bits per heavy atom. The summed E-state index contributed by atoms with van der Waals surface area (Å²) in [7, 11) is 0. The molecule has 164 valence electrons. The standard InChI is InChI=1S/C18H31N5O5S/c1-2-29-18-20-14-17(15-21-18)16-28-13-12-27-11-10-26-9-8-25-7-6-24-5-3-4-22-23-19/h14-15H,2-13,16H2,1H3. The van der Waals surface area contributed by atoms with Crippen molar-refractivity contribution < 1.29 is 23.7 Å². The van der Waals surface area contributed by atoms with Crippen molar-refractivity contribution in [2.24, 2.45) is 5.11 Å². The van der Waals surface area contributed by atoms with Gasteiger partial charge in [0.25, 0.3) is 0 Å². The van der Waals surface area contributed by atoms with Crippen molar-refractivity contribution in [2.75, 3.05) is 71.8 Å². The van der Waals surface area contributed by atoms with E-state index in [-0.39, 0.29) is 0 Å². The maximum Gasteiger partial charge on any atom is 0.187 e. The molecule has 0 aliphatic carbocycles. The fourth-order valence-corrected chi connectivity index (χ4v) is 2.49. The van der Waals surface area contributed by atoms with Gasteiger partial charge in [-0.2, -0.15) is 0 Å². The second-order valence-electron chi connectivity index (χ2n) is 5.62. The van der Waals surface area contributed by atoms with Crippen molar-refractivity contribution in [1.82, 2.24) is 9.97 Å². The predicted octanol–water partition coefficient (Wildman–Crippen LogP) is 2.87. The summed E-state index contributed by atoms with van der Waals surface area (Å²) in [6, 6.07) is 0. The summed E-state index contributed by atoms with van der Waals surface area (Å²) in [6.45, 7) is 7.71. The Hall–Kier alpha value is -1.46. The van der Waals surface area contributed by atoms with Gasteiger partial charge in [-0.1, -0.05) is 23.8 Å². The van der Waals surface area contributed by atoms with Crippen molar-refractivity contribution >= 4 is 11.8 Å². The molecule has 0 aliphatic rings. The zero-order valence-corrected chi connectivity index (χ0v) is 17.8. The Morgan fingerprint density at radius 1 is 0.862 bits per heavy atom. The van der Waals surface area contributed by atoms with E-state index < -0.39 is 0 Å². The Labute approximate surface area is 176 Å². The zero-order chi connectivity index (χ0) is 20.8. The molecule has 0 spiro atoms. The summed E-state index contributed by atoms with van der Waals surface area (Å²) < 4.78 is 27.1. The molecule has 0 N–H and O–H groups in total. The molecule has 0 radical (unpaired) electrons. The van der Waals surface area contributed by atoms with E-state index in [2.05, 4.69) is 26.9 Å². The highest BCUT2D eigenvalue weighted by atomic mass is 32.2. The minimum absolute atomic E-state index is 0.459. The summed E-state index contributed by atoms with van der Waals surface area (Å²) in [5.74, 6) is 0.959. The van der Waals surface area contributed by atoms with Crippen molar-refractivity contribution in [2.45, 2.75) is 25.1 Å². The third-order valence-corrected chi connectivity index (χ3v) is 4.08. The van der Waals surface area contributed by atoms with Crippen LogP contribution in [0.15, 0.2) is 22.7 Å². The third-order valence-electron chi connectivity index (χ3n) is 3.32. The van der Waals surface area contributed by atoms with Crippen LogP contribution in [0, 0.1) is 0 Å². The van der Waals surface area contributed by atoms with E-state index in [0.29, 0.717) is 72.6 Å². The molecule has 29 heavy (non-hydrogen) atoms. The summed E-state index contributed by atoms with van der Waals surface area (Å²) in [5, 5.41) is 4.22. The molecule has 0 saturated carbocycles. The highest BCUT2D eigenvalue weighted by Gasteiger charge is 1.98. The van der Waals surface area contributed by atoms with Crippen LogP contribution in [0.3, 0.4) is 0 Å². The summed E-state index contributed by atoms with van der Waals surface area (Å²) >= 11 is 1.62. The molecule has 0 atom stereocenters. The third kappa shape index (κ3) is 16.1. The minimum Gasteiger partial charge on any atom is -0.379 e. The van der Waals surface area contributed by atoms with Gasteiger partial charge in [0.2, 0.25) is 0 Å². The van der Waals surface area contributed by atoms with Crippen LogP contribution in [0.5, 0.6) is 0 Å². The quantitative estimate of drug-likeness (QED) is 0.0774. The molecule has 0 aromatic carbocycles. The molecular formula is C18H31N5O5S. The maximum atomic E-state index is 8.12. The average Bonchev–Trinajstić information content (AvgIpc) is 2.74. The number of nitrogens with zero attached hydrogens (tertiary/aromatic N) is 5. The van der Waals surface area contributed by atoms with E-state index in [0.717, 1.165) is 22.9 Å². The molecule has 1 aromatic heterocycles. The van der Waals surface area contributed by atoms with E-state index in [9.17, 15) is 0 Å². The molecule has 11 heteroatoms. The highest BCUT2D eigenvalue weighted by molar-refractivity contribution is 7.99. The number of hydrogen-bond acceptors (Lipinski definition) is 9. The largest absolute Gasteiger partial charge is 0.379 e. The van der Waals surface area contributed by atoms with Gasteiger partial charge in [-0.15, -0.1) is 0 Å². The molecule has 1 rings (SSSR count). The average molecular weight is 430 g/mol. The van der Waals surface area contributed by atoms with Gasteiger partial charge >= 0.3 is 0 Å². The van der Waals surface area contributed by atoms with Crippen molar-refractivity contribution in [3.8, 4) is 0 Å². The highest BCUT2D eigenvalue weighted by Crippen LogP contribution is 2.11. The number of hydrogen-bond donors (Lipinski definition) is 0. The lowest BCUT2D eigenvalue weighted by atomic mass is 10.4. The molecule has 0 fully saturated rings. The van der Waals surface area contributed by atoms with Crippen LogP contribution in [0.4, 0.5) is 0 Å². The van der Waals surface area contributed by atoms with Crippen molar-refractivity contribution in [3.05, 3.63) is 28.4 Å². The molecule has 0 saturated heterocycles. The van der Waals surface area contributed by atoms with Gasteiger partial charge in [0.1, 0.15) is 0 Å². The first-order chi connectivity index (χ1) is 14.4. The number of aromatic nitrogens is 2. The van der Waals surface area contributed by atoms with Gasteiger partial charge in [-0.05, 0) is 17.7 Å². The van der Waals surface area contributed by atoms with Crippen molar-refractivity contribution in [3.63, 3.8) is 0 Å². The lowest BCUT2D eigenvalue weighted by Crippen LogP contribution is -2.13. The van der Waals surface area contributed by atoms with Crippen LogP contribution in [0.2, 0.25) is 0 Å². The SMILES string of the molecule is CCSc1ncc(COCCOCCOCCOCCOCCCN=[N+]=[N-])cn1. The molecule has 0 amide bonds. The van der Waals surface area contributed by atoms with Gasteiger partial charge in [-0.3, -0.25) is 0 Å². The summed E-state index contributed by atoms with van der Waals surface area (Å²) in [6.07, 6.45) is 4.30. The van der Waals surface area contributed by atoms with Gasteiger partial charge in [0.15, 0.2) is 5.16 Å². The van der Waals surface area contributed by atoms with E-state index >= 15 is 0 Å². The normalized spacial score (nSPS) is 10.8. The lowest BCUT2D eigenvalue weighted by Gasteiger charge is -2.08. The van der Waals surface area contributed by atoms with Crippen LogP contribution in [0.25, 0.3) is 10.4 Å². The summed E-state index contributed by atoms with van der Waals surface area (Å²) in [5.41, 5.74) is 9.07. The zero-order valence-electron chi connectivity index (χ0n) is 17.0. The fourth-order valence-electron chi connectivity index (χ4n) is 1.97. The van der Waals surface area contributed by atoms with Gasteiger partial charge in [0.05, 0.1) is 59.5 Å². The molecule has 1 aromatic rings. The molecule has 0 unspecified atom stereocenters. The van der Waals surface area contributed by atoms with Crippen LogP contribution < -0.4 is 0 Å². The molecule has 10 nitrogen and oxygen atoms in total. The van der Waals surface area contributed by atoms with Crippen LogP contribution >= 0.6 is 11.8 Å². The van der Waals surface area contributed by atoms with E-state index in [1.807, 2.05) is 0 Å². The van der Waals surface area contributed by atoms with E-state index in [4.69, 9.17) is 29.2 Å². The van der Waals surface area contributed by atoms with Crippen LogP contribution in [-0.4, -0.2) is 81.7 Å². The van der Waals surface area contributed by atoms with Gasteiger partial charge in [-0.25, -0.2) is 9.97 Å². The number of ether oxygens (including phenoxy) is 5. The first-order valence-corrected chi connectivity index (χ1v) is 10.7. The monoisotopic (exact) mass is 429 g/mol. The maximum absolute atomic E-state index is 8.12. The first-order valence-electron chi connectivity index (χ1n) is 9.70. The Kier molecular flexibility index (Phi) is 17.5. The topological polar surface area (TPSA) is 121 Å². The summed E-state index contributed by atoms with van der Waals surface area (Å²) in [4.78, 5) is 11.2.